The molecule has 0 saturated heterocycles. The molecule has 0 amide bonds. The largest absolute Gasteiger partial charge is 0.527 e. The standard InChI is InChI=1S/C17H12F8O/c1-2-3-9-4-5-11(12(18)6-9)10-7-13(19)15(14(20)8-10)16(21,22)26-17(23,24)25/h4-8H,2-3H2,1H3. The molecule has 0 heterocycles. The molecule has 0 unspecified atom stereocenters. The quantitative estimate of drug-likeness (QED) is 0.549. The van der Waals surface area contributed by atoms with Gasteiger partial charge in [-0.1, -0.05) is 25.5 Å². The molecule has 2 aromatic carbocycles. The van der Waals surface area contributed by atoms with E-state index in [2.05, 4.69) is 4.74 Å². The predicted octanol–water partition coefficient (Wildman–Crippen LogP) is 6.31. The molecule has 9 heteroatoms. The molecule has 0 radical (unpaired) electrons. The van der Waals surface area contributed by atoms with Gasteiger partial charge in [0.15, 0.2) is 0 Å². The van der Waals surface area contributed by atoms with E-state index in [4.69, 9.17) is 0 Å². The van der Waals surface area contributed by atoms with Crippen LogP contribution >= 0.6 is 0 Å². The summed E-state index contributed by atoms with van der Waals surface area (Å²) in [6.07, 6.45) is -9.82. The van der Waals surface area contributed by atoms with Crippen LogP contribution in [0.15, 0.2) is 30.3 Å². The number of alkyl halides is 5. The second-order valence-corrected chi connectivity index (χ2v) is 5.44. The first-order valence-electron chi connectivity index (χ1n) is 7.37. The van der Waals surface area contributed by atoms with Crippen LogP contribution in [0.25, 0.3) is 11.1 Å². The predicted molar refractivity (Wildman–Crippen MR) is 76.8 cm³/mol. The van der Waals surface area contributed by atoms with Crippen molar-refractivity contribution in [2.24, 2.45) is 0 Å². The zero-order valence-corrected chi connectivity index (χ0v) is 13.2. The molecule has 0 saturated carbocycles. The van der Waals surface area contributed by atoms with Crippen LogP contribution in [0, 0.1) is 17.5 Å². The molecular weight excluding hydrogens is 372 g/mol. The van der Waals surface area contributed by atoms with E-state index < -0.39 is 41.0 Å². The molecule has 0 atom stereocenters. The Kier molecular flexibility index (Phi) is 5.60. The molecule has 0 aliphatic heterocycles. The lowest BCUT2D eigenvalue weighted by Crippen LogP contribution is -2.29. The number of ether oxygens (including phenoxy) is 1. The fourth-order valence-corrected chi connectivity index (χ4v) is 2.44. The Morgan fingerprint density at radius 2 is 1.42 bits per heavy atom. The van der Waals surface area contributed by atoms with Crippen LogP contribution in [0.4, 0.5) is 35.1 Å². The van der Waals surface area contributed by atoms with Gasteiger partial charge < -0.3 is 0 Å². The number of aryl methyl sites for hydroxylation is 1. The third kappa shape index (κ3) is 4.51. The van der Waals surface area contributed by atoms with Gasteiger partial charge in [0.2, 0.25) is 0 Å². The summed E-state index contributed by atoms with van der Waals surface area (Å²) in [4.78, 5) is 0. The Morgan fingerprint density at radius 3 is 1.88 bits per heavy atom. The molecule has 1 nitrogen and oxygen atoms in total. The van der Waals surface area contributed by atoms with Crippen molar-refractivity contribution in [1.82, 2.24) is 0 Å². The highest BCUT2D eigenvalue weighted by atomic mass is 19.4. The SMILES string of the molecule is CCCc1ccc(-c2cc(F)c(C(F)(F)OC(F)(F)F)c(F)c2)c(F)c1. The van der Waals surface area contributed by atoms with Crippen molar-refractivity contribution in [2.75, 3.05) is 0 Å². The zero-order chi connectivity index (χ0) is 19.7. The van der Waals surface area contributed by atoms with Crippen LogP contribution in [0.5, 0.6) is 0 Å². The first-order chi connectivity index (χ1) is 11.9. The third-order valence-corrected chi connectivity index (χ3v) is 3.46. The summed E-state index contributed by atoms with van der Waals surface area (Å²) >= 11 is 0. The lowest BCUT2D eigenvalue weighted by atomic mass is 9.99. The van der Waals surface area contributed by atoms with Gasteiger partial charge in [0.25, 0.3) is 0 Å². The summed E-state index contributed by atoms with van der Waals surface area (Å²) in [6.45, 7) is 1.86. The van der Waals surface area contributed by atoms with E-state index in [0.29, 0.717) is 24.1 Å². The maximum atomic E-state index is 14.1. The molecule has 0 aliphatic rings. The van der Waals surface area contributed by atoms with Gasteiger partial charge in [0, 0.05) is 5.56 Å². The molecule has 0 aliphatic carbocycles. The maximum Gasteiger partial charge on any atom is 0.527 e. The smallest absolute Gasteiger partial charge is 0.222 e. The monoisotopic (exact) mass is 384 g/mol. The van der Waals surface area contributed by atoms with Gasteiger partial charge in [-0.05, 0) is 35.7 Å². The maximum absolute atomic E-state index is 14.1. The topological polar surface area (TPSA) is 9.23 Å². The highest BCUT2D eigenvalue weighted by Crippen LogP contribution is 2.40. The number of benzene rings is 2. The lowest BCUT2D eigenvalue weighted by molar-refractivity contribution is -0.432. The molecule has 0 bridgehead atoms. The summed E-state index contributed by atoms with van der Waals surface area (Å²) in [5.74, 6) is -4.83. The number of hydrogen-bond donors (Lipinski definition) is 0. The van der Waals surface area contributed by atoms with Gasteiger partial charge in [-0.3, -0.25) is 0 Å². The first-order valence-corrected chi connectivity index (χ1v) is 7.37. The molecule has 0 spiro atoms. The van der Waals surface area contributed by atoms with Crippen LogP contribution in [0.3, 0.4) is 0 Å². The zero-order valence-electron chi connectivity index (χ0n) is 13.2. The van der Waals surface area contributed by atoms with Crippen molar-refractivity contribution in [3.05, 3.63) is 58.9 Å². The van der Waals surface area contributed by atoms with E-state index in [0.717, 1.165) is 12.5 Å². The molecule has 0 N–H and O–H groups in total. The Morgan fingerprint density at radius 1 is 0.846 bits per heavy atom. The Bertz CT molecular complexity index is 775. The minimum Gasteiger partial charge on any atom is -0.222 e. The molecule has 142 valence electrons. The normalized spacial score (nSPS) is 12.5. The van der Waals surface area contributed by atoms with Crippen LogP contribution in [-0.2, 0) is 17.3 Å². The van der Waals surface area contributed by atoms with Crippen molar-refractivity contribution >= 4 is 0 Å². The van der Waals surface area contributed by atoms with Crippen LogP contribution in [0.2, 0.25) is 0 Å². The molecule has 2 rings (SSSR count). The second kappa shape index (κ2) is 7.22. The Balaban J connectivity index is 2.47. The van der Waals surface area contributed by atoms with Crippen LogP contribution in [-0.4, -0.2) is 6.36 Å². The van der Waals surface area contributed by atoms with E-state index in [-0.39, 0.29) is 5.56 Å². The van der Waals surface area contributed by atoms with Gasteiger partial charge in [0.05, 0.1) is 0 Å². The Labute approximate surface area is 143 Å². The minimum absolute atomic E-state index is 0.283. The third-order valence-electron chi connectivity index (χ3n) is 3.46. The molecular formula is C17H12F8O. The summed E-state index contributed by atoms with van der Waals surface area (Å²) in [6, 6.07) is 4.48. The van der Waals surface area contributed by atoms with Crippen LogP contribution < -0.4 is 0 Å². The van der Waals surface area contributed by atoms with Gasteiger partial charge >= 0.3 is 12.5 Å². The highest BCUT2D eigenvalue weighted by Gasteiger charge is 2.49. The molecule has 26 heavy (non-hydrogen) atoms. The van der Waals surface area contributed by atoms with E-state index >= 15 is 0 Å². The fraction of sp³-hybridized carbons (Fsp3) is 0.294. The molecule has 0 fully saturated rings. The number of halogens is 8. The van der Waals surface area contributed by atoms with Crippen LogP contribution in [0.1, 0.15) is 24.5 Å². The van der Waals surface area contributed by atoms with E-state index in [1.807, 2.05) is 6.92 Å². The lowest BCUT2D eigenvalue weighted by Gasteiger charge is -2.20. The van der Waals surface area contributed by atoms with Crippen molar-refractivity contribution < 1.29 is 39.9 Å². The fourth-order valence-electron chi connectivity index (χ4n) is 2.44. The van der Waals surface area contributed by atoms with E-state index in [1.54, 1.807) is 0 Å². The molecule has 0 aromatic heterocycles. The number of rotatable bonds is 5. The van der Waals surface area contributed by atoms with Gasteiger partial charge in [-0.15, -0.1) is 13.2 Å². The summed E-state index contributed by atoms with van der Waals surface area (Å²) in [5.41, 5.74) is -2.31. The average Bonchev–Trinajstić information content (AvgIpc) is 2.43. The first kappa shape index (κ1) is 20.2. The van der Waals surface area contributed by atoms with Crippen molar-refractivity contribution in [3.8, 4) is 11.1 Å². The average molecular weight is 384 g/mol. The Hall–Kier alpha value is -2.16. The minimum atomic E-state index is -5.82. The second-order valence-electron chi connectivity index (χ2n) is 5.44. The van der Waals surface area contributed by atoms with E-state index in [9.17, 15) is 35.1 Å². The van der Waals surface area contributed by atoms with Gasteiger partial charge in [-0.2, -0.15) is 8.78 Å². The molecule has 2 aromatic rings. The van der Waals surface area contributed by atoms with E-state index in [1.165, 1.54) is 12.1 Å². The van der Waals surface area contributed by atoms with Crippen molar-refractivity contribution in [2.45, 2.75) is 32.2 Å². The summed E-state index contributed by atoms with van der Waals surface area (Å²) < 4.78 is 107. The van der Waals surface area contributed by atoms with Crippen molar-refractivity contribution in [3.63, 3.8) is 0 Å². The highest BCUT2D eigenvalue weighted by molar-refractivity contribution is 5.65. The number of hydrogen-bond acceptors (Lipinski definition) is 1. The van der Waals surface area contributed by atoms with Crippen molar-refractivity contribution in [1.29, 1.82) is 0 Å². The summed E-state index contributed by atoms with van der Waals surface area (Å²) in [7, 11) is 0. The van der Waals surface area contributed by atoms with Gasteiger partial charge in [-0.25, -0.2) is 17.9 Å². The van der Waals surface area contributed by atoms with Gasteiger partial charge in [0.1, 0.15) is 23.0 Å². The summed E-state index contributed by atoms with van der Waals surface area (Å²) in [5, 5.41) is 0.